The molecule has 4 rings (SSSR count). The highest BCUT2D eigenvalue weighted by Gasteiger charge is 2.34. The lowest BCUT2D eigenvalue weighted by Gasteiger charge is -2.13. The molecule has 3 aromatic rings. The molecule has 2 aromatic carbocycles. The van der Waals surface area contributed by atoms with E-state index in [1.165, 1.54) is 34.9 Å². The van der Waals surface area contributed by atoms with Crippen molar-refractivity contribution in [1.29, 1.82) is 0 Å². The van der Waals surface area contributed by atoms with Crippen LogP contribution in [0.25, 0.3) is 0 Å². The Labute approximate surface area is 199 Å². The summed E-state index contributed by atoms with van der Waals surface area (Å²) >= 11 is 1.37. The van der Waals surface area contributed by atoms with E-state index in [1.54, 1.807) is 36.4 Å². The van der Waals surface area contributed by atoms with Crippen LogP contribution in [0, 0.1) is 5.82 Å². The first kappa shape index (κ1) is 23.4. The largest absolute Gasteiger partial charge is 0.351 e. The van der Waals surface area contributed by atoms with Crippen molar-refractivity contribution in [3.8, 4) is 0 Å². The Morgan fingerprint density at radius 3 is 2.41 bits per heavy atom. The first-order chi connectivity index (χ1) is 16.5. The molecule has 0 saturated heterocycles. The number of carbonyl (C=O) groups excluding carboxylic acids is 3. The van der Waals surface area contributed by atoms with Crippen molar-refractivity contribution in [2.45, 2.75) is 18.1 Å². The number of imide groups is 1. The van der Waals surface area contributed by atoms with E-state index in [-0.39, 0.29) is 30.5 Å². The van der Waals surface area contributed by atoms with E-state index in [0.717, 1.165) is 0 Å². The molecular formula is C24H22FN5O3S. The molecule has 1 aliphatic heterocycles. The summed E-state index contributed by atoms with van der Waals surface area (Å²) in [6, 6.07) is 12.6. The van der Waals surface area contributed by atoms with Gasteiger partial charge in [-0.25, -0.2) is 4.39 Å². The Bertz CT molecular complexity index is 1220. The minimum Gasteiger partial charge on any atom is -0.351 e. The van der Waals surface area contributed by atoms with Gasteiger partial charge in [0.1, 0.15) is 11.6 Å². The number of amides is 3. The van der Waals surface area contributed by atoms with Crippen molar-refractivity contribution < 1.29 is 18.8 Å². The Morgan fingerprint density at radius 2 is 1.74 bits per heavy atom. The van der Waals surface area contributed by atoms with Gasteiger partial charge < -0.3 is 9.88 Å². The fraction of sp³-hybridized carbons (Fsp3) is 0.208. The van der Waals surface area contributed by atoms with Gasteiger partial charge in [0, 0.05) is 31.8 Å². The molecule has 1 aromatic heterocycles. The number of halogens is 1. The highest BCUT2D eigenvalue weighted by atomic mass is 32.2. The van der Waals surface area contributed by atoms with Gasteiger partial charge in [-0.3, -0.25) is 19.3 Å². The number of nitrogens with one attached hydrogen (secondary N) is 1. The van der Waals surface area contributed by atoms with Crippen molar-refractivity contribution in [2.24, 2.45) is 0 Å². The highest BCUT2D eigenvalue weighted by Crippen LogP contribution is 2.24. The average Bonchev–Trinajstić information content (AvgIpc) is 3.33. The van der Waals surface area contributed by atoms with Gasteiger partial charge in [0.2, 0.25) is 0 Å². The van der Waals surface area contributed by atoms with Crippen LogP contribution in [0.4, 0.5) is 4.39 Å². The van der Waals surface area contributed by atoms with Gasteiger partial charge in [-0.15, -0.1) is 16.8 Å². The van der Waals surface area contributed by atoms with Crippen LogP contribution in [-0.2, 0) is 13.0 Å². The van der Waals surface area contributed by atoms with Crippen molar-refractivity contribution in [3.63, 3.8) is 0 Å². The SMILES string of the molecule is C=CCn1c(CCNC(=O)c2ccccc2F)nnc1SCCN1C(=O)c2ccccc2C1=O. The van der Waals surface area contributed by atoms with Gasteiger partial charge in [0.15, 0.2) is 5.16 Å². The average molecular weight is 480 g/mol. The van der Waals surface area contributed by atoms with Crippen molar-refractivity contribution >= 4 is 29.5 Å². The topological polar surface area (TPSA) is 97.2 Å². The predicted octanol–water partition coefficient (Wildman–Crippen LogP) is 2.96. The third-order valence-electron chi connectivity index (χ3n) is 5.28. The van der Waals surface area contributed by atoms with Crippen molar-refractivity contribution in [1.82, 2.24) is 25.0 Å². The second-order valence-corrected chi connectivity index (χ2v) is 8.50. The Hall–Kier alpha value is -3.79. The van der Waals surface area contributed by atoms with Gasteiger partial charge in [-0.1, -0.05) is 42.1 Å². The molecule has 0 bridgehead atoms. The van der Waals surface area contributed by atoms with Crippen LogP contribution in [0.5, 0.6) is 0 Å². The summed E-state index contributed by atoms with van der Waals surface area (Å²) in [5.74, 6) is -0.572. The number of fused-ring (bicyclic) bond motifs is 1. The summed E-state index contributed by atoms with van der Waals surface area (Å²) < 4.78 is 15.6. The molecule has 0 spiro atoms. The lowest BCUT2D eigenvalue weighted by molar-refractivity contribution is 0.0664. The minimum atomic E-state index is -0.577. The summed E-state index contributed by atoms with van der Waals surface area (Å²) in [5, 5.41) is 11.7. The van der Waals surface area contributed by atoms with Gasteiger partial charge in [0.25, 0.3) is 17.7 Å². The van der Waals surface area contributed by atoms with Gasteiger partial charge >= 0.3 is 0 Å². The monoisotopic (exact) mass is 479 g/mol. The van der Waals surface area contributed by atoms with E-state index in [1.807, 2.05) is 4.57 Å². The van der Waals surface area contributed by atoms with E-state index in [9.17, 15) is 18.8 Å². The number of allylic oxidation sites excluding steroid dienone is 1. The molecule has 0 radical (unpaired) electrons. The maximum absolute atomic E-state index is 13.8. The summed E-state index contributed by atoms with van der Waals surface area (Å²) in [6.07, 6.45) is 2.10. The number of hydrogen-bond acceptors (Lipinski definition) is 6. The number of thioether (sulfide) groups is 1. The summed E-state index contributed by atoms with van der Waals surface area (Å²) in [6.45, 7) is 4.72. The van der Waals surface area contributed by atoms with E-state index in [2.05, 4.69) is 22.1 Å². The fourth-order valence-electron chi connectivity index (χ4n) is 3.62. The molecule has 10 heteroatoms. The van der Waals surface area contributed by atoms with Crippen molar-refractivity contribution in [3.05, 3.63) is 89.5 Å². The standard InChI is InChI=1S/C24H22FN5O3S/c1-2-13-29-20(11-12-26-21(31)18-9-5-6-10-19(18)25)27-28-24(29)34-15-14-30-22(32)16-7-3-4-8-17(16)23(30)33/h2-10H,1,11-15H2,(H,26,31). The molecule has 8 nitrogen and oxygen atoms in total. The first-order valence-corrected chi connectivity index (χ1v) is 11.6. The third-order valence-corrected chi connectivity index (χ3v) is 6.23. The second-order valence-electron chi connectivity index (χ2n) is 7.44. The fourth-order valence-corrected chi connectivity index (χ4v) is 4.51. The highest BCUT2D eigenvalue weighted by molar-refractivity contribution is 7.99. The summed E-state index contributed by atoms with van der Waals surface area (Å²) in [5.41, 5.74) is 0.832. The van der Waals surface area contributed by atoms with Gasteiger partial charge in [0.05, 0.1) is 16.7 Å². The number of carbonyl (C=O) groups is 3. The molecule has 2 heterocycles. The lowest BCUT2D eigenvalue weighted by atomic mass is 10.1. The molecule has 0 aliphatic carbocycles. The van der Waals surface area contributed by atoms with Crippen molar-refractivity contribution in [2.75, 3.05) is 18.8 Å². The zero-order valence-corrected chi connectivity index (χ0v) is 19.1. The molecule has 0 unspecified atom stereocenters. The zero-order chi connectivity index (χ0) is 24.1. The molecular weight excluding hydrogens is 457 g/mol. The lowest BCUT2D eigenvalue weighted by Crippen LogP contribution is -2.31. The van der Waals surface area contributed by atoms with E-state index in [0.29, 0.717) is 40.8 Å². The zero-order valence-electron chi connectivity index (χ0n) is 18.2. The molecule has 0 fully saturated rings. The smallest absolute Gasteiger partial charge is 0.261 e. The molecule has 1 N–H and O–H groups in total. The maximum atomic E-state index is 13.8. The van der Waals surface area contributed by atoms with Gasteiger partial charge in [-0.05, 0) is 24.3 Å². The molecule has 34 heavy (non-hydrogen) atoms. The normalized spacial score (nSPS) is 12.7. The quantitative estimate of drug-likeness (QED) is 0.273. The molecule has 0 atom stereocenters. The number of rotatable bonds is 10. The Morgan fingerprint density at radius 1 is 1.06 bits per heavy atom. The molecule has 1 aliphatic rings. The van der Waals surface area contributed by atoms with Gasteiger partial charge in [-0.2, -0.15) is 0 Å². The second kappa shape index (κ2) is 10.4. The predicted molar refractivity (Wildman–Crippen MR) is 125 cm³/mol. The van der Waals surface area contributed by atoms with Crippen LogP contribution in [0.1, 0.15) is 36.9 Å². The Kier molecular flexibility index (Phi) is 7.17. The first-order valence-electron chi connectivity index (χ1n) is 10.6. The maximum Gasteiger partial charge on any atom is 0.261 e. The minimum absolute atomic E-state index is 0.0144. The van der Waals surface area contributed by atoms with E-state index >= 15 is 0 Å². The van der Waals surface area contributed by atoms with Crippen LogP contribution >= 0.6 is 11.8 Å². The number of benzene rings is 2. The number of aromatic nitrogens is 3. The number of hydrogen-bond donors (Lipinski definition) is 1. The molecule has 3 amide bonds. The van der Waals surface area contributed by atoms with Crippen LogP contribution in [0.15, 0.2) is 66.3 Å². The summed E-state index contributed by atoms with van der Waals surface area (Å²) in [7, 11) is 0. The van der Waals surface area contributed by atoms with Crippen LogP contribution in [0.3, 0.4) is 0 Å². The Balaban J connectivity index is 1.34. The van der Waals surface area contributed by atoms with Crippen LogP contribution < -0.4 is 5.32 Å². The molecule has 0 saturated carbocycles. The summed E-state index contributed by atoms with van der Waals surface area (Å²) in [4.78, 5) is 38.5. The van der Waals surface area contributed by atoms with E-state index < -0.39 is 11.7 Å². The number of nitrogens with zero attached hydrogens (tertiary/aromatic N) is 4. The molecule has 174 valence electrons. The van der Waals surface area contributed by atoms with Crippen LogP contribution in [-0.4, -0.2) is 56.2 Å². The van der Waals surface area contributed by atoms with E-state index in [4.69, 9.17) is 0 Å². The van der Waals surface area contributed by atoms with Crippen LogP contribution in [0.2, 0.25) is 0 Å². The third kappa shape index (κ3) is 4.76.